The molecule has 0 aliphatic rings. The minimum Gasteiger partial charge on any atom is -0.384 e. The van der Waals surface area contributed by atoms with Crippen LogP contribution in [0.3, 0.4) is 0 Å². The number of anilines is 2. The summed E-state index contributed by atoms with van der Waals surface area (Å²) in [6.45, 7) is 6.55. The molecule has 208 valence electrons. The van der Waals surface area contributed by atoms with Gasteiger partial charge in [-0.3, -0.25) is 9.36 Å². The Morgan fingerprint density at radius 2 is 1.82 bits per heavy atom. The van der Waals surface area contributed by atoms with Gasteiger partial charge >= 0.3 is 0 Å². The number of benzene rings is 2. The van der Waals surface area contributed by atoms with Crippen LogP contribution in [0.5, 0.6) is 0 Å². The summed E-state index contributed by atoms with van der Waals surface area (Å²) in [7, 11) is 0. The van der Waals surface area contributed by atoms with E-state index in [-0.39, 0.29) is 22.2 Å². The lowest BCUT2D eigenvalue weighted by Crippen LogP contribution is -2.25. The number of nitrogens with one attached hydrogen (secondary N) is 1. The number of nitrogen functional groups attached to an aromatic ring is 1. The monoisotopic (exact) mass is 559 g/mol. The van der Waals surface area contributed by atoms with E-state index in [2.05, 4.69) is 22.2 Å². The molecular weight excluding hydrogens is 526 g/mol. The SMILES string of the molecule is CCCc1nc2cccc(NCCCCCC=O)c2c(=O)n1-c1ccc(C)cc1.Cc1nc(N)nc(Cl)c1C#N. The van der Waals surface area contributed by atoms with Crippen molar-refractivity contribution in [2.24, 2.45) is 0 Å². The molecule has 0 bridgehead atoms. The lowest BCUT2D eigenvalue weighted by molar-refractivity contribution is -0.107. The fourth-order valence-electron chi connectivity index (χ4n) is 4.21. The molecule has 4 rings (SSSR count). The van der Waals surface area contributed by atoms with Crippen LogP contribution < -0.4 is 16.6 Å². The zero-order valence-electron chi connectivity index (χ0n) is 23.1. The largest absolute Gasteiger partial charge is 0.384 e. The minimum absolute atomic E-state index is 0.0358. The number of rotatable bonds is 10. The molecule has 0 saturated heterocycles. The molecule has 0 radical (unpaired) electrons. The first-order valence-corrected chi connectivity index (χ1v) is 13.7. The van der Waals surface area contributed by atoms with Crippen molar-refractivity contribution in [3.05, 3.63) is 80.6 Å². The van der Waals surface area contributed by atoms with Crippen LogP contribution in [0.25, 0.3) is 16.6 Å². The molecule has 0 atom stereocenters. The molecule has 2 aromatic carbocycles. The van der Waals surface area contributed by atoms with Gasteiger partial charge < -0.3 is 15.8 Å². The molecule has 0 aliphatic carbocycles. The average Bonchev–Trinajstić information content (AvgIpc) is 2.92. The van der Waals surface area contributed by atoms with Crippen LogP contribution in [-0.4, -0.2) is 32.3 Å². The van der Waals surface area contributed by atoms with Crippen molar-refractivity contribution < 1.29 is 4.79 Å². The Hall–Kier alpha value is -4.29. The molecule has 0 fully saturated rings. The zero-order valence-corrected chi connectivity index (χ0v) is 23.8. The van der Waals surface area contributed by atoms with E-state index in [1.807, 2.05) is 55.5 Å². The fourth-order valence-corrected chi connectivity index (χ4v) is 4.48. The van der Waals surface area contributed by atoms with E-state index in [4.69, 9.17) is 27.6 Å². The van der Waals surface area contributed by atoms with Gasteiger partial charge in [0.2, 0.25) is 5.95 Å². The van der Waals surface area contributed by atoms with Crippen molar-refractivity contribution in [3.63, 3.8) is 0 Å². The van der Waals surface area contributed by atoms with E-state index in [9.17, 15) is 9.59 Å². The number of carbonyl (C=O) groups excluding carboxylic acids is 1. The second kappa shape index (κ2) is 14.8. The summed E-state index contributed by atoms with van der Waals surface area (Å²) in [4.78, 5) is 36.2. The number of nitrogens with two attached hydrogens (primary N) is 1. The maximum atomic E-state index is 13.5. The third-order valence-corrected chi connectivity index (χ3v) is 6.50. The first-order valence-electron chi connectivity index (χ1n) is 13.3. The topological polar surface area (TPSA) is 140 Å². The zero-order chi connectivity index (χ0) is 29.1. The minimum atomic E-state index is -0.0358. The van der Waals surface area contributed by atoms with Gasteiger partial charge in [-0.15, -0.1) is 0 Å². The Morgan fingerprint density at radius 3 is 2.48 bits per heavy atom. The lowest BCUT2D eigenvalue weighted by atomic mass is 10.1. The van der Waals surface area contributed by atoms with E-state index < -0.39 is 0 Å². The van der Waals surface area contributed by atoms with Gasteiger partial charge in [-0.05, 0) is 57.4 Å². The summed E-state index contributed by atoms with van der Waals surface area (Å²) in [5.41, 5.74) is 9.57. The first-order chi connectivity index (χ1) is 19.3. The second-order valence-electron chi connectivity index (χ2n) is 9.34. The van der Waals surface area contributed by atoms with Crippen LogP contribution in [-0.2, 0) is 11.2 Å². The smallest absolute Gasteiger partial charge is 0.268 e. The molecule has 4 aromatic rings. The van der Waals surface area contributed by atoms with Crippen LogP contribution in [0.4, 0.5) is 11.6 Å². The highest BCUT2D eigenvalue weighted by Crippen LogP contribution is 2.22. The maximum absolute atomic E-state index is 13.5. The van der Waals surface area contributed by atoms with Crippen LogP contribution in [0.1, 0.15) is 61.7 Å². The number of nitriles is 1. The van der Waals surface area contributed by atoms with E-state index in [1.54, 1.807) is 11.5 Å². The number of halogens is 1. The third kappa shape index (κ3) is 7.64. The lowest BCUT2D eigenvalue weighted by Gasteiger charge is -2.16. The van der Waals surface area contributed by atoms with Gasteiger partial charge in [0.15, 0.2) is 5.15 Å². The number of carbonyl (C=O) groups is 1. The Balaban J connectivity index is 0.000000336. The van der Waals surface area contributed by atoms with Crippen molar-refractivity contribution in [2.45, 2.75) is 59.3 Å². The van der Waals surface area contributed by atoms with Gasteiger partial charge in [-0.1, -0.05) is 48.7 Å². The molecule has 2 heterocycles. The van der Waals surface area contributed by atoms with Gasteiger partial charge in [0.1, 0.15) is 23.7 Å². The molecule has 3 N–H and O–H groups in total. The molecule has 2 aromatic heterocycles. The van der Waals surface area contributed by atoms with Crippen LogP contribution in [0.15, 0.2) is 47.3 Å². The average molecular weight is 560 g/mol. The number of fused-ring (bicyclic) bond motifs is 1. The summed E-state index contributed by atoms with van der Waals surface area (Å²) < 4.78 is 1.75. The van der Waals surface area contributed by atoms with Gasteiger partial charge in [0, 0.05) is 25.1 Å². The Morgan fingerprint density at radius 1 is 1.07 bits per heavy atom. The van der Waals surface area contributed by atoms with Gasteiger partial charge in [-0.2, -0.15) is 10.2 Å². The van der Waals surface area contributed by atoms with E-state index >= 15 is 0 Å². The number of hydrogen-bond acceptors (Lipinski definition) is 8. The van der Waals surface area contributed by atoms with Gasteiger partial charge in [0.05, 0.1) is 22.3 Å². The third-order valence-electron chi connectivity index (χ3n) is 6.22. The number of aryl methyl sites for hydroxylation is 3. The molecule has 0 spiro atoms. The number of unbranched alkanes of at least 4 members (excludes halogenated alkanes) is 3. The number of aldehydes is 1. The van der Waals surface area contributed by atoms with Crippen LogP contribution in [0, 0.1) is 25.2 Å². The van der Waals surface area contributed by atoms with Crippen molar-refractivity contribution in [2.75, 3.05) is 17.6 Å². The van der Waals surface area contributed by atoms with Crippen LogP contribution in [0.2, 0.25) is 5.15 Å². The molecule has 0 unspecified atom stereocenters. The Kier molecular flexibility index (Phi) is 11.2. The Bertz CT molecular complexity index is 1540. The maximum Gasteiger partial charge on any atom is 0.268 e. The summed E-state index contributed by atoms with van der Waals surface area (Å²) in [6, 6.07) is 15.7. The predicted octanol–water partition coefficient (Wildman–Crippen LogP) is 5.71. The van der Waals surface area contributed by atoms with Gasteiger partial charge in [-0.25, -0.2) is 9.97 Å². The summed E-state index contributed by atoms with van der Waals surface area (Å²) in [5.74, 6) is 0.881. The number of nitrogens with zero attached hydrogens (tertiary/aromatic N) is 5. The Labute approximate surface area is 239 Å². The molecule has 0 amide bonds. The van der Waals surface area contributed by atoms with Crippen molar-refractivity contribution >= 4 is 40.4 Å². The quantitative estimate of drug-likeness (QED) is 0.143. The molecule has 0 aliphatic heterocycles. The first kappa shape index (κ1) is 30.3. The normalized spacial score (nSPS) is 10.5. The standard InChI is InChI=1S/C24H29N3O2.C6H5ClN4/c1-3-9-22-26-21-11-8-10-20(25-16-6-4-5-7-17-28)23(21)24(29)27(22)19-14-12-18(2)13-15-19;1-3-4(2-8)5(7)11-6(9)10-3/h8,10-15,17,25H,3-7,9,16H2,1-2H3;1H3,(H2,9,10,11). The van der Waals surface area contributed by atoms with Crippen molar-refractivity contribution in [3.8, 4) is 11.8 Å². The second-order valence-corrected chi connectivity index (χ2v) is 9.70. The predicted molar refractivity (Wildman–Crippen MR) is 160 cm³/mol. The van der Waals surface area contributed by atoms with Crippen molar-refractivity contribution in [1.29, 1.82) is 5.26 Å². The van der Waals surface area contributed by atoms with E-state index in [1.165, 1.54) is 0 Å². The summed E-state index contributed by atoms with van der Waals surface area (Å²) in [5, 5.41) is 12.7. The highest BCUT2D eigenvalue weighted by atomic mass is 35.5. The summed E-state index contributed by atoms with van der Waals surface area (Å²) >= 11 is 5.58. The van der Waals surface area contributed by atoms with Crippen LogP contribution >= 0.6 is 11.6 Å². The summed E-state index contributed by atoms with van der Waals surface area (Å²) in [6.07, 6.45) is 6.09. The van der Waals surface area contributed by atoms with Crippen molar-refractivity contribution in [1.82, 2.24) is 19.5 Å². The highest BCUT2D eigenvalue weighted by Gasteiger charge is 2.15. The fraction of sp³-hybridized carbons (Fsp3) is 0.333. The number of aromatic nitrogens is 4. The van der Waals surface area contributed by atoms with E-state index in [0.717, 1.165) is 73.2 Å². The molecule has 0 saturated carbocycles. The molecule has 9 nitrogen and oxygen atoms in total. The van der Waals surface area contributed by atoms with Gasteiger partial charge in [0.25, 0.3) is 5.56 Å². The molecule has 40 heavy (non-hydrogen) atoms. The van der Waals surface area contributed by atoms with E-state index in [0.29, 0.717) is 17.5 Å². The number of hydrogen-bond donors (Lipinski definition) is 2. The molecule has 10 heteroatoms. The molecular formula is C30H34ClN7O2. The highest BCUT2D eigenvalue weighted by molar-refractivity contribution is 6.30.